The van der Waals surface area contributed by atoms with Crippen molar-refractivity contribution in [1.29, 1.82) is 0 Å². The number of aryl methyl sites for hydroxylation is 1. The van der Waals surface area contributed by atoms with Crippen molar-refractivity contribution >= 4 is 0 Å². The predicted octanol–water partition coefficient (Wildman–Crippen LogP) is 3.75. The van der Waals surface area contributed by atoms with E-state index >= 15 is 0 Å². The molecule has 3 nitrogen and oxygen atoms in total. The van der Waals surface area contributed by atoms with Crippen LogP contribution in [0.15, 0.2) is 0 Å². The number of fused-ring (bicyclic) bond motifs is 1. The second-order valence-electron chi connectivity index (χ2n) is 3.96. The van der Waals surface area contributed by atoms with Gasteiger partial charge in [0.25, 0.3) is 0 Å². The highest BCUT2D eigenvalue weighted by molar-refractivity contribution is 5.28. The largest absolute Gasteiger partial charge is 0.408 e. The van der Waals surface area contributed by atoms with Gasteiger partial charge in [-0.2, -0.15) is 18.3 Å². The van der Waals surface area contributed by atoms with Crippen LogP contribution in [0.1, 0.15) is 44.6 Å². The molecule has 0 radical (unpaired) electrons. The Hall–Kier alpha value is -1.04. The summed E-state index contributed by atoms with van der Waals surface area (Å²) in [5, 5.41) is 3.92. The third kappa shape index (κ3) is 4.86. The first-order valence-electron chi connectivity index (χ1n) is 6.67. The minimum atomic E-state index is -4.20. The van der Waals surface area contributed by atoms with Crippen molar-refractivity contribution in [1.82, 2.24) is 14.7 Å². The van der Waals surface area contributed by atoms with Crippen LogP contribution in [-0.2, 0) is 19.6 Å². The highest BCUT2D eigenvalue weighted by atomic mass is 19.4. The minimum absolute atomic E-state index is 0.548. The van der Waals surface area contributed by atoms with E-state index in [-0.39, 0.29) is 0 Å². The van der Waals surface area contributed by atoms with Crippen molar-refractivity contribution in [3.8, 4) is 0 Å². The lowest BCUT2D eigenvalue weighted by atomic mass is 10.2. The molecule has 0 unspecified atom stereocenters. The fourth-order valence-electron chi connectivity index (χ4n) is 1.93. The molecule has 2 rings (SSSR count). The van der Waals surface area contributed by atoms with Crippen LogP contribution in [-0.4, -0.2) is 27.9 Å². The van der Waals surface area contributed by atoms with Gasteiger partial charge in [0, 0.05) is 18.7 Å². The Bertz CT molecular complexity index is 383. The Morgan fingerprint density at radius 3 is 2.11 bits per heavy atom. The maximum Gasteiger partial charge on any atom is 0.408 e. The molecule has 0 aliphatic carbocycles. The van der Waals surface area contributed by atoms with Crippen molar-refractivity contribution in [2.45, 2.75) is 60.4 Å². The van der Waals surface area contributed by atoms with Gasteiger partial charge in [-0.3, -0.25) is 9.58 Å². The van der Waals surface area contributed by atoms with Crippen LogP contribution in [0, 0.1) is 6.92 Å². The molecule has 0 spiro atoms. The summed E-state index contributed by atoms with van der Waals surface area (Å²) in [4.78, 5) is 1.98. The Morgan fingerprint density at radius 1 is 1.11 bits per heavy atom. The SMILES string of the molecule is CC.CC.Cc1nn(CC(F)(F)F)c2c1CN(C)C2. The Balaban J connectivity index is 0.000000741. The molecule has 0 saturated heterocycles. The van der Waals surface area contributed by atoms with Crippen molar-refractivity contribution in [2.75, 3.05) is 7.05 Å². The van der Waals surface area contributed by atoms with E-state index in [0.29, 0.717) is 24.5 Å². The zero-order chi connectivity index (χ0) is 15.2. The summed E-state index contributed by atoms with van der Waals surface area (Å²) < 4.78 is 37.8. The number of halogens is 3. The fraction of sp³-hybridized carbons (Fsp3) is 0.769. The van der Waals surface area contributed by atoms with Gasteiger partial charge in [0.05, 0.1) is 11.4 Å². The van der Waals surface area contributed by atoms with Crippen molar-refractivity contribution in [3.05, 3.63) is 17.0 Å². The average Bonchev–Trinajstić information content (AvgIpc) is 2.84. The van der Waals surface area contributed by atoms with E-state index < -0.39 is 12.7 Å². The maximum absolute atomic E-state index is 12.2. The molecule has 1 aromatic heterocycles. The van der Waals surface area contributed by atoms with Gasteiger partial charge in [-0.15, -0.1) is 0 Å². The zero-order valence-electron chi connectivity index (χ0n) is 12.6. The number of nitrogens with zero attached hydrogens (tertiary/aromatic N) is 3. The second kappa shape index (κ2) is 7.53. The first-order valence-corrected chi connectivity index (χ1v) is 6.67. The number of hydrogen-bond donors (Lipinski definition) is 0. The van der Waals surface area contributed by atoms with E-state index in [2.05, 4.69) is 5.10 Å². The van der Waals surface area contributed by atoms with Gasteiger partial charge < -0.3 is 0 Å². The van der Waals surface area contributed by atoms with Crippen LogP contribution in [0.3, 0.4) is 0 Å². The quantitative estimate of drug-likeness (QED) is 0.780. The number of hydrogen-bond acceptors (Lipinski definition) is 2. The lowest BCUT2D eigenvalue weighted by Crippen LogP contribution is -2.21. The van der Waals surface area contributed by atoms with Gasteiger partial charge in [-0.1, -0.05) is 27.7 Å². The van der Waals surface area contributed by atoms with E-state index in [1.807, 2.05) is 39.6 Å². The van der Waals surface area contributed by atoms with Crippen LogP contribution >= 0.6 is 0 Å². The van der Waals surface area contributed by atoms with Gasteiger partial charge in [-0.25, -0.2) is 0 Å². The topological polar surface area (TPSA) is 21.1 Å². The molecule has 19 heavy (non-hydrogen) atoms. The molecule has 1 aliphatic heterocycles. The number of alkyl halides is 3. The van der Waals surface area contributed by atoms with Crippen LogP contribution in [0.25, 0.3) is 0 Å². The first-order chi connectivity index (χ1) is 8.87. The molecule has 0 atom stereocenters. The van der Waals surface area contributed by atoms with Crippen molar-refractivity contribution in [2.24, 2.45) is 0 Å². The molecule has 0 saturated carbocycles. The monoisotopic (exact) mass is 279 g/mol. The molecule has 1 aliphatic rings. The van der Waals surface area contributed by atoms with Crippen LogP contribution in [0.2, 0.25) is 0 Å². The van der Waals surface area contributed by atoms with Crippen LogP contribution in [0.5, 0.6) is 0 Å². The van der Waals surface area contributed by atoms with Crippen LogP contribution in [0.4, 0.5) is 13.2 Å². The van der Waals surface area contributed by atoms with E-state index in [0.717, 1.165) is 10.2 Å². The summed E-state index contributed by atoms with van der Waals surface area (Å²) in [5.41, 5.74) is 2.35. The summed E-state index contributed by atoms with van der Waals surface area (Å²) in [7, 11) is 1.89. The highest BCUT2D eigenvalue weighted by Gasteiger charge is 2.32. The van der Waals surface area contributed by atoms with Crippen molar-refractivity contribution in [3.63, 3.8) is 0 Å². The maximum atomic E-state index is 12.2. The van der Waals surface area contributed by atoms with E-state index in [4.69, 9.17) is 0 Å². The van der Waals surface area contributed by atoms with E-state index in [1.165, 1.54) is 0 Å². The van der Waals surface area contributed by atoms with E-state index in [1.54, 1.807) is 6.92 Å². The molecule has 112 valence electrons. The molecule has 0 aromatic carbocycles. The predicted molar refractivity (Wildman–Crippen MR) is 70.9 cm³/mol. The summed E-state index contributed by atoms with van der Waals surface area (Å²) in [6.45, 7) is 10.0. The fourth-order valence-corrected chi connectivity index (χ4v) is 1.93. The number of rotatable bonds is 1. The van der Waals surface area contributed by atoms with Crippen LogP contribution < -0.4 is 0 Å². The Kier molecular flexibility index (Phi) is 7.11. The zero-order valence-corrected chi connectivity index (χ0v) is 12.6. The molecule has 2 heterocycles. The molecular weight excluding hydrogens is 255 g/mol. The Labute approximate surface area is 113 Å². The summed E-state index contributed by atoms with van der Waals surface area (Å²) in [6.07, 6.45) is -4.20. The summed E-state index contributed by atoms with van der Waals surface area (Å²) in [5.74, 6) is 0. The summed E-state index contributed by atoms with van der Waals surface area (Å²) in [6, 6.07) is 0. The third-order valence-electron chi connectivity index (χ3n) is 2.54. The van der Waals surface area contributed by atoms with E-state index in [9.17, 15) is 13.2 Å². The first kappa shape index (κ1) is 18.0. The Morgan fingerprint density at radius 2 is 1.63 bits per heavy atom. The molecule has 0 amide bonds. The number of aromatic nitrogens is 2. The van der Waals surface area contributed by atoms with Gasteiger partial charge >= 0.3 is 6.18 Å². The lowest BCUT2D eigenvalue weighted by Gasteiger charge is -2.10. The van der Waals surface area contributed by atoms with Gasteiger partial charge in [0.1, 0.15) is 6.54 Å². The lowest BCUT2D eigenvalue weighted by molar-refractivity contribution is -0.143. The normalized spacial score (nSPS) is 14.2. The molecular formula is C13H24F3N3. The standard InChI is InChI=1S/C9H12F3N3.2C2H6/c1-6-7-3-14(2)4-8(7)15(13-6)5-9(10,11)12;2*1-2/h3-5H2,1-2H3;2*1-2H3. The average molecular weight is 279 g/mol. The second-order valence-corrected chi connectivity index (χ2v) is 3.96. The minimum Gasteiger partial charge on any atom is -0.296 e. The smallest absolute Gasteiger partial charge is 0.296 e. The molecule has 6 heteroatoms. The van der Waals surface area contributed by atoms with Gasteiger partial charge in [-0.05, 0) is 14.0 Å². The summed E-state index contributed by atoms with van der Waals surface area (Å²) >= 11 is 0. The molecule has 1 aromatic rings. The van der Waals surface area contributed by atoms with Crippen molar-refractivity contribution < 1.29 is 13.2 Å². The molecule has 0 bridgehead atoms. The van der Waals surface area contributed by atoms with Gasteiger partial charge in [0.15, 0.2) is 0 Å². The van der Waals surface area contributed by atoms with Gasteiger partial charge in [0.2, 0.25) is 0 Å². The molecule has 0 fully saturated rings. The third-order valence-corrected chi connectivity index (χ3v) is 2.54. The molecule has 0 N–H and O–H groups in total. The highest BCUT2D eigenvalue weighted by Crippen LogP contribution is 2.27.